The van der Waals surface area contributed by atoms with Crippen LogP contribution in [0.3, 0.4) is 0 Å². The highest BCUT2D eigenvalue weighted by Crippen LogP contribution is 2.15. The predicted octanol–water partition coefficient (Wildman–Crippen LogP) is 0.949. The van der Waals surface area contributed by atoms with Crippen molar-refractivity contribution in [3.63, 3.8) is 0 Å². The molecule has 0 rings (SSSR count). The second-order valence-electron chi connectivity index (χ2n) is 4.19. The van der Waals surface area contributed by atoms with Gasteiger partial charge in [0.2, 0.25) is 0 Å². The average molecular weight is 239 g/mol. The molecule has 2 N–H and O–H groups in total. The van der Waals surface area contributed by atoms with Crippen molar-refractivity contribution in [3.05, 3.63) is 0 Å². The summed E-state index contributed by atoms with van der Waals surface area (Å²) in [6.07, 6.45) is 3.20. The maximum atomic E-state index is 10.9. The molecule has 0 aliphatic rings. The van der Waals surface area contributed by atoms with Crippen molar-refractivity contribution in [2.24, 2.45) is 5.73 Å². The van der Waals surface area contributed by atoms with E-state index in [0.717, 1.165) is 18.9 Å². The van der Waals surface area contributed by atoms with Crippen molar-refractivity contribution in [2.75, 3.05) is 18.7 Å². The Morgan fingerprint density at radius 3 is 2.29 bits per heavy atom. The lowest BCUT2D eigenvalue weighted by molar-refractivity contribution is 0.365. The molecule has 0 radical (unpaired) electrons. The van der Waals surface area contributed by atoms with Gasteiger partial charge in [-0.3, -0.25) is 0 Å². The van der Waals surface area contributed by atoms with Crippen LogP contribution in [0.4, 0.5) is 0 Å². The van der Waals surface area contributed by atoms with Crippen LogP contribution in [0.2, 0.25) is 19.1 Å². The number of rotatable bonds is 7. The van der Waals surface area contributed by atoms with E-state index in [1.165, 1.54) is 6.26 Å². The Balaban J connectivity index is 3.83. The summed E-state index contributed by atoms with van der Waals surface area (Å²) in [4.78, 5) is 0. The van der Waals surface area contributed by atoms with Gasteiger partial charge in [0.25, 0.3) is 0 Å². The smallest absolute Gasteiger partial charge is 0.188 e. The van der Waals surface area contributed by atoms with Gasteiger partial charge in [-0.05, 0) is 32.1 Å². The van der Waals surface area contributed by atoms with Gasteiger partial charge in [-0.15, -0.1) is 0 Å². The van der Waals surface area contributed by atoms with Gasteiger partial charge in [0, 0.05) is 6.26 Å². The van der Waals surface area contributed by atoms with Crippen molar-refractivity contribution in [2.45, 2.75) is 32.0 Å². The first-order chi connectivity index (χ1) is 6.27. The lowest BCUT2D eigenvalue weighted by atomic mass is 10.3. The lowest BCUT2D eigenvalue weighted by Gasteiger charge is -2.21. The zero-order chi connectivity index (χ0) is 11.2. The molecule has 6 heteroatoms. The number of hydrogen-bond acceptors (Lipinski definition) is 4. The zero-order valence-corrected chi connectivity index (χ0v) is 11.1. The van der Waals surface area contributed by atoms with Crippen LogP contribution < -0.4 is 5.73 Å². The minimum absolute atomic E-state index is 0.144. The summed E-state index contributed by atoms with van der Waals surface area (Å²) in [6.45, 7) is 4.76. The molecular weight excluding hydrogens is 218 g/mol. The molecule has 0 atom stereocenters. The minimum Gasteiger partial charge on any atom is -0.403 e. The highest BCUT2D eigenvalue weighted by molar-refractivity contribution is 7.90. The molecule has 0 aromatic carbocycles. The highest BCUT2D eigenvalue weighted by Gasteiger charge is 2.23. The molecule has 86 valence electrons. The van der Waals surface area contributed by atoms with E-state index in [-0.39, 0.29) is 5.94 Å². The lowest BCUT2D eigenvalue weighted by Crippen LogP contribution is -2.32. The molecule has 0 aromatic heterocycles. The van der Waals surface area contributed by atoms with Crippen molar-refractivity contribution in [1.29, 1.82) is 0 Å². The number of sulfone groups is 1. The van der Waals surface area contributed by atoms with E-state index >= 15 is 0 Å². The van der Waals surface area contributed by atoms with E-state index < -0.39 is 18.2 Å². The Morgan fingerprint density at radius 1 is 1.29 bits per heavy atom. The first kappa shape index (κ1) is 14.1. The first-order valence-corrected chi connectivity index (χ1v) is 9.96. The van der Waals surface area contributed by atoms with Crippen LogP contribution >= 0.6 is 0 Å². The van der Waals surface area contributed by atoms with Crippen molar-refractivity contribution in [1.82, 2.24) is 0 Å². The van der Waals surface area contributed by atoms with Gasteiger partial charge < -0.3 is 10.2 Å². The fourth-order valence-electron chi connectivity index (χ4n) is 1.03. The molecular formula is C8H21NO3SSi. The fourth-order valence-corrected chi connectivity index (χ4v) is 4.41. The summed E-state index contributed by atoms with van der Waals surface area (Å²) in [7, 11) is -4.79. The van der Waals surface area contributed by atoms with Crippen LogP contribution in [0, 0.1) is 0 Å². The second-order valence-corrected chi connectivity index (χ2v) is 10.6. The van der Waals surface area contributed by atoms with E-state index in [4.69, 9.17) is 10.2 Å². The summed E-state index contributed by atoms with van der Waals surface area (Å²) in [5, 5.41) is 0. The van der Waals surface area contributed by atoms with Crippen LogP contribution in [-0.4, -0.2) is 35.5 Å². The third kappa shape index (κ3) is 8.67. The molecule has 0 saturated heterocycles. The van der Waals surface area contributed by atoms with Gasteiger partial charge in [0.15, 0.2) is 18.2 Å². The fraction of sp³-hybridized carbons (Fsp3) is 1.00. The van der Waals surface area contributed by atoms with E-state index in [0.29, 0.717) is 6.54 Å². The summed E-state index contributed by atoms with van der Waals surface area (Å²) in [6, 6.07) is 0.972. The second kappa shape index (κ2) is 5.84. The topological polar surface area (TPSA) is 69.4 Å². The van der Waals surface area contributed by atoms with Gasteiger partial charge >= 0.3 is 0 Å². The number of unbranched alkanes of at least 4 members (excludes halogenated alkanes) is 1. The van der Waals surface area contributed by atoms with Crippen molar-refractivity contribution in [3.8, 4) is 0 Å². The third-order valence-corrected chi connectivity index (χ3v) is 5.14. The molecule has 0 spiro atoms. The highest BCUT2D eigenvalue weighted by atomic mass is 32.2. The molecule has 0 bridgehead atoms. The maximum Gasteiger partial charge on any atom is 0.188 e. The van der Waals surface area contributed by atoms with Gasteiger partial charge in [-0.2, -0.15) is 0 Å². The monoisotopic (exact) mass is 239 g/mol. The van der Waals surface area contributed by atoms with E-state index in [1.807, 2.05) is 13.1 Å². The Kier molecular flexibility index (Phi) is 5.88. The largest absolute Gasteiger partial charge is 0.403 e. The van der Waals surface area contributed by atoms with Gasteiger partial charge in [0.1, 0.15) is 5.94 Å². The summed E-state index contributed by atoms with van der Waals surface area (Å²) in [5.74, 6) is -0.144. The molecule has 0 aliphatic heterocycles. The molecule has 0 amide bonds. The van der Waals surface area contributed by atoms with E-state index in [9.17, 15) is 8.42 Å². The minimum atomic E-state index is -3.00. The van der Waals surface area contributed by atoms with Crippen LogP contribution in [0.1, 0.15) is 12.8 Å². The summed E-state index contributed by atoms with van der Waals surface area (Å²) in [5.41, 5.74) is 5.38. The Hall–Kier alpha value is 0.0869. The van der Waals surface area contributed by atoms with E-state index in [2.05, 4.69) is 0 Å². The van der Waals surface area contributed by atoms with Crippen molar-refractivity contribution < 1.29 is 12.8 Å². The molecule has 0 aliphatic carbocycles. The number of hydrogen-bond donors (Lipinski definition) is 1. The molecule has 0 heterocycles. The first-order valence-electron chi connectivity index (χ1n) is 4.78. The van der Waals surface area contributed by atoms with Gasteiger partial charge in [0.05, 0.1) is 0 Å². The molecule has 0 unspecified atom stereocenters. The van der Waals surface area contributed by atoms with Crippen LogP contribution in [0.5, 0.6) is 0 Å². The van der Waals surface area contributed by atoms with Crippen LogP contribution in [0.25, 0.3) is 0 Å². The molecule has 0 aromatic rings. The quantitative estimate of drug-likeness (QED) is 0.530. The van der Waals surface area contributed by atoms with Gasteiger partial charge in [-0.1, -0.05) is 6.42 Å². The van der Waals surface area contributed by atoms with Crippen molar-refractivity contribution >= 4 is 18.2 Å². The third-order valence-electron chi connectivity index (χ3n) is 1.90. The predicted molar refractivity (Wildman–Crippen MR) is 61.4 cm³/mol. The average Bonchev–Trinajstić information content (AvgIpc) is 2.00. The molecule has 14 heavy (non-hydrogen) atoms. The summed E-state index contributed by atoms with van der Waals surface area (Å²) >= 11 is 0. The molecule has 4 nitrogen and oxygen atoms in total. The Labute approximate surface area is 87.9 Å². The number of nitrogens with two attached hydrogens (primary N) is 1. The van der Waals surface area contributed by atoms with Gasteiger partial charge in [-0.25, -0.2) is 8.42 Å². The van der Waals surface area contributed by atoms with Crippen LogP contribution in [-0.2, 0) is 14.3 Å². The van der Waals surface area contributed by atoms with E-state index in [1.54, 1.807) is 0 Å². The normalized spacial score (nSPS) is 13.1. The summed E-state index contributed by atoms with van der Waals surface area (Å²) < 4.78 is 27.2. The van der Waals surface area contributed by atoms with Crippen LogP contribution in [0.15, 0.2) is 0 Å². The maximum absolute atomic E-state index is 10.9. The standard InChI is InChI=1S/C8H21NO3SSi/c1-13(10,11)8-12-14(2,3)7-5-4-6-9/h4-9H2,1-3H3. The molecule has 0 fully saturated rings. The SMILES string of the molecule is C[Si](C)(CCCCN)OCS(C)(=O)=O. The Bertz CT molecular complexity index is 251. The molecule has 0 saturated carbocycles. The zero-order valence-electron chi connectivity index (χ0n) is 9.25. The Morgan fingerprint density at radius 2 is 1.86 bits per heavy atom.